The van der Waals surface area contributed by atoms with Gasteiger partial charge in [0.25, 0.3) is 0 Å². The number of nitrogens with one attached hydrogen (secondary N) is 1. The predicted octanol–water partition coefficient (Wildman–Crippen LogP) is 3.61. The summed E-state index contributed by atoms with van der Waals surface area (Å²) in [5.74, 6) is -0.176. The molecule has 1 atom stereocenters. The SMILES string of the molecule is CCCNC(Cc1ccc(Br)cc1F)c1ccnn1C. The molecule has 5 heteroatoms. The van der Waals surface area contributed by atoms with Crippen molar-refractivity contribution in [1.82, 2.24) is 15.1 Å². The van der Waals surface area contributed by atoms with Crippen LogP contribution in [0, 0.1) is 5.82 Å². The third-order valence-corrected chi connectivity index (χ3v) is 3.79. The molecule has 2 rings (SSSR count). The van der Waals surface area contributed by atoms with Crippen molar-refractivity contribution >= 4 is 15.9 Å². The van der Waals surface area contributed by atoms with E-state index in [9.17, 15) is 4.39 Å². The molecule has 1 N–H and O–H groups in total. The van der Waals surface area contributed by atoms with Crippen molar-refractivity contribution in [3.05, 3.63) is 52.0 Å². The number of aromatic nitrogens is 2. The maximum absolute atomic E-state index is 14.0. The highest BCUT2D eigenvalue weighted by Crippen LogP contribution is 2.22. The Morgan fingerprint density at radius 3 is 2.80 bits per heavy atom. The summed E-state index contributed by atoms with van der Waals surface area (Å²) in [6.07, 6.45) is 3.42. The zero-order valence-corrected chi connectivity index (χ0v) is 13.3. The Balaban J connectivity index is 2.21. The van der Waals surface area contributed by atoms with Gasteiger partial charge in [0.05, 0.1) is 11.7 Å². The van der Waals surface area contributed by atoms with Crippen LogP contribution in [0.5, 0.6) is 0 Å². The molecule has 1 unspecified atom stereocenters. The fourth-order valence-electron chi connectivity index (χ4n) is 2.23. The van der Waals surface area contributed by atoms with E-state index in [0.29, 0.717) is 12.0 Å². The Morgan fingerprint density at radius 1 is 1.40 bits per heavy atom. The average Bonchev–Trinajstić information content (AvgIpc) is 2.83. The number of rotatable bonds is 6. The van der Waals surface area contributed by atoms with E-state index in [-0.39, 0.29) is 11.9 Å². The maximum atomic E-state index is 14.0. The fourth-order valence-corrected chi connectivity index (χ4v) is 2.57. The topological polar surface area (TPSA) is 29.9 Å². The zero-order chi connectivity index (χ0) is 14.5. The minimum absolute atomic E-state index is 0.0677. The number of hydrogen-bond acceptors (Lipinski definition) is 2. The van der Waals surface area contributed by atoms with Gasteiger partial charge in [-0.1, -0.05) is 28.9 Å². The van der Waals surface area contributed by atoms with Crippen LogP contribution in [-0.2, 0) is 13.5 Å². The van der Waals surface area contributed by atoms with E-state index in [2.05, 4.69) is 33.3 Å². The molecule has 108 valence electrons. The van der Waals surface area contributed by atoms with Crippen LogP contribution in [0.2, 0.25) is 0 Å². The summed E-state index contributed by atoms with van der Waals surface area (Å²) in [5, 5.41) is 7.66. The summed E-state index contributed by atoms with van der Waals surface area (Å²) in [6.45, 7) is 3.02. The molecule has 3 nitrogen and oxygen atoms in total. The number of benzene rings is 1. The van der Waals surface area contributed by atoms with Crippen LogP contribution in [0.4, 0.5) is 4.39 Å². The highest BCUT2D eigenvalue weighted by Gasteiger charge is 2.17. The standard InChI is InChI=1S/C15H19BrFN3/c1-3-7-18-14(15-6-8-19-20(15)2)9-11-4-5-12(16)10-13(11)17/h4-6,8,10,14,18H,3,7,9H2,1-2H3. The molecule has 2 aromatic rings. The van der Waals surface area contributed by atoms with Gasteiger partial charge in [-0.25, -0.2) is 4.39 Å². The molecule has 1 aromatic carbocycles. The first-order valence-corrected chi connectivity index (χ1v) is 7.56. The molecular weight excluding hydrogens is 321 g/mol. The van der Waals surface area contributed by atoms with Gasteiger partial charge in [0.1, 0.15) is 5.82 Å². The van der Waals surface area contributed by atoms with Crippen LogP contribution >= 0.6 is 15.9 Å². The number of hydrogen-bond donors (Lipinski definition) is 1. The molecule has 0 saturated heterocycles. The van der Waals surface area contributed by atoms with E-state index in [0.717, 1.165) is 23.1 Å². The van der Waals surface area contributed by atoms with E-state index in [1.807, 2.05) is 29.9 Å². The van der Waals surface area contributed by atoms with E-state index >= 15 is 0 Å². The molecular formula is C15H19BrFN3. The van der Waals surface area contributed by atoms with Gasteiger partial charge in [-0.05, 0) is 43.1 Å². The predicted molar refractivity (Wildman–Crippen MR) is 82.0 cm³/mol. The third-order valence-electron chi connectivity index (χ3n) is 3.30. The molecule has 0 aliphatic carbocycles. The molecule has 0 radical (unpaired) electrons. The van der Waals surface area contributed by atoms with Crippen LogP contribution in [0.3, 0.4) is 0 Å². The fraction of sp³-hybridized carbons (Fsp3) is 0.400. The largest absolute Gasteiger partial charge is 0.308 e. The Morgan fingerprint density at radius 2 is 2.20 bits per heavy atom. The molecule has 0 bridgehead atoms. The maximum Gasteiger partial charge on any atom is 0.127 e. The Bertz CT molecular complexity index is 568. The van der Waals surface area contributed by atoms with Crippen LogP contribution in [0.1, 0.15) is 30.6 Å². The minimum Gasteiger partial charge on any atom is -0.308 e. The highest BCUT2D eigenvalue weighted by atomic mass is 79.9. The first-order chi connectivity index (χ1) is 9.61. The normalized spacial score (nSPS) is 12.6. The average molecular weight is 340 g/mol. The smallest absolute Gasteiger partial charge is 0.127 e. The Kier molecular flexibility index (Phi) is 5.31. The summed E-state index contributed by atoms with van der Waals surface area (Å²) >= 11 is 3.29. The monoisotopic (exact) mass is 339 g/mol. The van der Waals surface area contributed by atoms with Gasteiger partial charge in [0.15, 0.2) is 0 Å². The second-order valence-electron chi connectivity index (χ2n) is 4.83. The summed E-state index contributed by atoms with van der Waals surface area (Å²) in [6, 6.07) is 7.26. The lowest BCUT2D eigenvalue weighted by Crippen LogP contribution is -2.26. The van der Waals surface area contributed by atoms with Crippen LogP contribution in [0.25, 0.3) is 0 Å². The molecule has 0 amide bonds. The molecule has 1 aromatic heterocycles. The van der Waals surface area contributed by atoms with E-state index < -0.39 is 0 Å². The molecule has 0 saturated carbocycles. The first kappa shape index (κ1) is 15.2. The molecule has 20 heavy (non-hydrogen) atoms. The second kappa shape index (κ2) is 6.99. The minimum atomic E-state index is -0.176. The number of aryl methyl sites for hydroxylation is 1. The summed E-state index contributed by atoms with van der Waals surface area (Å²) in [5.41, 5.74) is 1.78. The quantitative estimate of drug-likeness (QED) is 0.871. The second-order valence-corrected chi connectivity index (χ2v) is 5.74. The van der Waals surface area contributed by atoms with Gasteiger partial charge in [-0.2, -0.15) is 5.10 Å². The molecule has 0 spiro atoms. The van der Waals surface area contributed by atoms with Crippen molar-refractivity contribution in [2.75, 3.05) is 6.54 Å². The van der Waals surface area contributed by atoms with E-state index in [4.69, 9.17) is 0 Å². The van der Waals surface area contributed by atoms with E-state index in [1.54, 1.807) is 6.20 Å². The zero-order valence-electron chi connectivity index (χ0n) is 11.7. The number of nitrogens with zero attached hydrogens (tertiary/aromatic N) is 2. The Labute approximate surface area is 127 Å². The Hall–Kier alpha value is -1.20. The van der Waals surface area contributed by atoms with Crippen molar-refractivity contribution in [2.45, 2.75) is 25.8 Å². The lowest BCUT2D eigenvalue weighted by atomic mass is 10.0. The van der Waals surface area contributed by atoms with Crippen molar-refractivity contribution < 1.29 is 4.39 Å². The molecule has 1 heterocycles. The first-order valence-electron chi connectivity index (χ1n) is 6.77. The lowest BCUT2D eigenvalue weighted by Gasteiger charge is -2.19. The summed E-state index contributed by atoms with van der Waals surface area (Å²) < 4.78 is 16.6. The van der Waals surface area contributed by atoms with Crippen molar-refractivity contribution in [1.29, 1.82) is 0 Å². The molecule has 0 fully saturated rings. The van der Waals surface area contributed by atoms with Gasteiger partial charge >= 0.3 is 0 Å². The van der Waals surface area contributed by atoms with Crippen LogP contribution in [-0.4, -0.2) is 16.3 Å². The van der Waals surface area contributed by atoms with Crippen molar-refractivity contribution in [3.8, 4) is 0 Å². The lowest BCUT2D eigenvalue weighted by molar-refractivity contribution is 0.482. The van der Waals surface area contributed by atoms with Crippen molar-refractivity contribution in [2.24, 2.45) is 7.05 Å². The van der Waals surface area contributed by atoms with Crippen LogP contribution in [0.15, 0.2) is 34.9 Å². The van der Waals surface area contributed by atoms with Gasteiger partial charge in [0, 0.05) is 17.7 Å². The van der Waals surface area contributed by atoms with Gasteiger partial charge < -0.3 is 5.32 Å². The highest BCUT2D eigenvalue weighted by molar-refractivity contribution is 9.10. The number of halogens is 2. The third kappa shape index (κ3) is 3.67. The van der Waals surface area contributed by atoms with Gasteiger partial charge in [0.2, 0.25) is 0 Å². The van der Waals surface area contributed by atoms with Crippen molar-refractivity contribution in [3.63, 3.8) is 0 Å². The molecule has 0 aliphatic rings. The summed E-state index contributed by atoms with van der Waals surface area (Å²) in [7, 11) is 1.91. The van der Waals surface area contributed by atoms with E-state index in [1.165, 1.54) is 6.07 Å². The van der Waals surface area contributed by atoms with Crippen LogP contribution < -0.4 is 5.32 Å². The van der Waals surface area contributed by atoms with Gasteiger partial charge in [-0.15, -0.1) is 0 Å². The summed E-state index contributed by atoms with van der Waals surface area (Å²) in [4.78, 5) is 0. The molecule has 0 aliphatic heterocycles. The van der Waals surface area contributed by atoms with Gasteiger partial charge in [-0.3, -0.25) is 4.68 Å².